The lowest BCUT2D eigenvalue weighted by Crippen LogP contribution is -2.50. The molecule has 0 fully saturated rings. The number of halogens is 1. The molecule has 0 aliphatic heterocycles. The minimum Gasteiger partial charge on any atom is -0.352 e. The lowest BCUT2D eigenvalue weighted by atomic mass is 10.1. The van der Waals surface area contributed by atoms with Crippen molar-refractivity contribution in [2.75, 3.05) is 5.75 Å². The van der Waals surface area contributed by atoms with Gasteiger partial charge in [-0.1, -0.05) is 53.2 Å². The highest BCUT2D eigenvalue weighted by atomic mass is 79.9. The molecule has 28 heavy (non-hydrogen) atoms. The summed E-state index contributed by atoms with van der Waals surface area (Å²) >= 11 is 4.96. The minimum absolute atomic E-state index is 0.0550. The van der Waals surface area contributed by atoms with Crippen LogP contribution in [0.2, 0.25) is 0 Å². The second-order valence-electron chi connectivity index (χ2n) is 6.75. The van der Waals surface area contributed by atoms with Gasteiger partial charge in [0.1, 0.15) is 6.04 Å². The Kier molecular flexibility index (Phi) is 9.06. The number of rotatable bonds is 9. The van der Waals surface area contributed by atoms with Gasteiger partial charge < -0.3 is 10.2 Å². The Labute approximate surface area is 180 Å². The molecule has 2 aromatic rings. The Morgan fingerprint density at radius 1 is 1.11 bits per heavy atom. The van der Waals surface area contributed by atoms with E-state index in [4.69, 9.17) is 0 Å². The van der Waals surface area contributed by atoms with Crippen molar-refractivity contribution < 1.29 is 9.59 Å². The Hall–Kier alpha value is -1.79. The first-order chi connectivity index (χ1) is 13.4. The molecular weight excluding hydrogens is 436 g/mol. The summed E-state index contributed by atoms with van der Waals surface area (Å²) in [7, 11) is 0. The van der Waals surface area contributed by atoms with E-state index in [0.29, 0.717) is 12.3 Å². The highest BCUT2D eigenvalue weighted by molar-refractivity contribution is 9.10. The molecule has 0 radical (unpaired) electrons. The van der Waals surface area contributed by atoms with E-state index in [-0.39, 0.29) is 17.9 Å². The average molecular weight is 463 g/mol. The molecule has 0 aliphatic rings. The summed E-state index contributed by atoms with van der Waals surface area (Å²) in [4.78, 5) is 28.4. The molecule has 0 saturated heterocycles. The van der Waals surface area contributed by atoms with E-state index in [0.717, 1.165) is 21.4 Å². The molecule has 2 amide bonds. The average Bonchev–Trinajstić information content (AvgIpc) is 2.70. The van der Waals surface area contributed by atoms with Crippen LogP contribution >= 0.6 is 27.7 Å². The zero-order valence-electron chi connectivity index (χ0n) is 16.5. The van der Waals surface area contributed by atoms with Crippen LogP contribution < -0.4 is 5.32 Å². The molecule has 150 valence electrons. The molecule has 0 aromatic heterocycles. The number of nitrogens with one attached hydrogen (secondary N) is 1. The van der Waals surface area contributed by atoms with Crippen molar-refractivity contribution in [3.8, 4) is 0 Å². The second kappa shape index (κ2) is 11.3. The second-order valence-corrected chi connectivity index (χ2v) is 8.71. The van der Waals surface area contributed by atoms with Crippen molar-refractivity contribution in [2.24, 2.45) is 0 Å². The highest BCUT2D eigenvalue weighted by Gasteiger charge is 2.26. The third-order valence-electron chi connectivity index (χ3n) is 4.52. The number of nitrogens with zero attached hydrogens (tertiary/aromatic N) is 1. The van der Waals surface area contributed by atoms with Crippen LogP contribution in [-0.4, -0.2) is 34.6 Å². The van der Waals surface area contributed by atoms with Crippen molar-refractivity contribution >= 4 is 39.5 Å². The Bertz CT molecular complexity index is 785. The molecule has 0 unspecified atom stereocenters. The molecular formula is C22H27BrN2O2S. The van der Waals surface area contributed by atoms with Gasteiger partial charge in [-0.05, 0) is 50.1 Å². The summed E-state index contributed by atoms with van der Waals surface area (Å²) in [5.74, 6) is 0.113. The molecule has 4 nitrogen and oxygen atoms in total. The first-order valence-corrected chi connectivity index (χ1v) is 11.2. The summed E-state index contributed by atoms with van der Waals surface area (Å²) in [6.07, 6.45) is 0.849. The zero-order chi connectivity index (χ0) is 20.5. The predicted molar refractivity (Wildman–Crippen MR) is 119 cm³/mol. The van der Waals surface area contributed by atoms with Crippen molar-refractivity contribution in [1.29, 1.82) is 0 Å². The first-order valence-electron chi connectivity index (χ1n) is 9.42. The van der Waals surface area contributed by atoms with Gasteiger partial charge in [0, 0.05) is 22.0 Å². The normalized spacial score (nSPS) is 12.9. The number of hydrogen-bond acceptors (Lipinski definition) is 3. The van der Waals surface area contributed by atoms with Crippen LogP contribution in [0.3, 0.4) is 0 Å². The monoisotopic (exact) mass is 462 g/mol. The molecule has 2 rings (SSSR count). The number of hydrogen-bond donors (Lipinski definition) is 1. The highest BCUT2D eigenvalue weighted by Crippen LogP contribution is 2.20. The van der Waals surface area contributed by atoms with Gasteiger partial charge in [0.25, 0.3) is 0 Å². The van der Waals surface area contributed by atoms with E-state index >= 15 is 0 Å². The topological polar surface area (TPSA) is 49.4 Å². The van der Waals surface area contributed by atoms with Crippen LogP contribution in [0.25, 0.3) is 0 Å². The molecule has 0 saturated carbocycles. The first kappa shape index (κ1) is 22.5. The fraction of sp³-hybridized carbons (Fsp3) is 0.364. The maximum absolute atomic E-state index is 13.0. The van der Waals surface area contributed by atoms with Gasteiger partial charge in [-0.3, -0.25) is 9.59 Å². The number of carbonyl (C=O) groups is 2. The summed E-state index contributed by atoms with van der Waals surface area (Å²) in [6.45, 7) is 6.18. The van der Waals surface area contributed by atoms with Crippen molar-refractivity contribution in [3.05, 3.63) is 64.6 Å². The summed E-state index contributed by atoms with van der Waals surface area (Å²) < 4.78 is 0.952. The molecule has 0 heterocycles. The molecule has 0 bridgehead atoms. The predicted octanol–water partition coefficient (Wildman–Crippen LogP) is 4.87. The van der Waals surface area contributed by atoms with Crippen LogP contribution in [0.1, 0.15) is 32.8 Å². The Morgan fingerprint density at radius 3 is 2.46 bits per heavy atom. The van der Waals surface area contributed by atoms with E-state index in [2.05, 4.69) is 21.2 Å². The van der Waals surface area contributed by atoms with Crippen molar-refractivity contribution in [2.45, 2.75) is 50.7 Å². The standard InChI is InChI=1S/C22H27BrN2O2S/c1-4-16(2)24-22(27)17(3)25(14-18-9-8-10-19(23)13-18)21(26)15-28-20-11-6-5-7-12-20/h5-13,16-17H,4,14-15H2,1-3H3,(H,24,27)/t16-,17-/m1/s1. The quantitative estimate of drug-likeness (QED) is 0.540. The van der Waals surface area contributed by atoms with Crippen LogP contribution in [0.15, 0.2) is 64.0 Å². The molecule has 0 spiro atoms. The Balaban J connectivity index is 2.14. The minimum atomic E-state index is -0.545. The zero-order valence-corrected chi connectivity index (χ0v) is 18.9. The summed E-state index contributed by atoms with van der Waals surface area (Å²) in [5, 5.41) is 2.99. The Morgan fingerprint density at radius 2 is 1.82 bits per heavy atom. The lowest BCUT2D eigenvalue weighted by molar-refractivity contribution is -0.138. The van der Waals surface area contributed by atoms with Crippen LogP contribution in [-0.2, 0) is 16.1 Å². The smallest absolute Gasteiger partial charge is 0.242 e. The SMILES string of the molecule is CC[C@@H](C)NC(=O)[C@@H](C)N(Cc1cccc(Br)c1)C(=O)CSc1ccccc1. The third-order valence-corrected chi connectivity index (χ3v) is 6.01. The number of benzene rings is 2. The fourth-order valence-electron chi connectivity index (χ4n) is 2.62. The maximum atomic E-state index is 13.0. The van der Waals surface area contributed by atoms with E-state index in [1.54, 1.807) is 11.8 Å². The fourth-order valence-corrected chi connectivity index (χ4v) is 3.88. The van der Waals surface area contributed by atoms with Gasteiger partial charge >= 0.3 is 0 Å². The van der Waals surface area contributed by atoms with Crippen molar-refractivity contribution in [1.82, 2.24) is 10.2 Å². The molecule has 1 N–H and O–H groups in total. The van der Waals surface area contributed by atoms with E-state index < -0.39 is 6.04 Å². The number of amides is 2. The summed E-state index contributed by atoms with van der Waals surface area (Å²) in [5.41, 5.74) is 0.982. The number of thioether (sulfide) groups is 1. The van der Waals surface area contributed by atoms with Crippen LogP contribution in [0.5, 0.6) is 0 Å². The van der Waals surface area contributed by atoms with Crippen LogP contribution in [0.4, 0.5) is 0 Å². The molecule has 0 aliphatic carbocycles. The van der Waals surface area contributed by atoms with Gasteiger partial charge in [-0.25, -0.2) is 0 Å². The van der Waals surface area contributed by atoms with E-state index in [9.17, 15) is 9.59 Å². The van der Waals surface area contributed by atoms with Gasteiger partial charge in [0.15, 0.2) is 0 Å². The number of carbonyl (C=O) groups excluding carboxylic acids is 2. The largest absolute Gasteiger partial charge is 0.352 e. The third kappa shape index (κ3) is 6.99. The molecule has 2 atom stereocenters. The van der Waals surface area contributed by atoms with Gasteiger partial charge in [0.2, 0.25) is 11.8 Å². The molecule has 6 heteroatoms. The van der Waals surface area contributed by atoms with Gasteiger partial charge in [0.05, 0.1) is 5.75 Å². The van der Waals surface area contributed by atoms with E-state index in [1.807, 2.05) is 68.4 Å². The van der Waals surface area contributed by atoms with Crippen molar-refractivity contribution in [3.63, 3.8) is 0 Å². The van der Waals surface area contributed by atoms with Crippen LogP contribution in [0, 0.1) is 0 Å². The lowest BCUT2D eigenvalue weighted by Gasteiger charge is -2.29. The van der Waals surface area contributed by atoms with E-state index in [1.165, 1.54) is 11.8 Å². The van der Waals surface area contributed by atoms with Gasteiger partial charge in [-0.15, -0.1) is 11.8 Å². The van der Waals surface area contributed by atoms with Gasteiger partial charge in [-0.2, -0.15) is 0 Å². The maximum Gasteiger partial charge on any atom is 0.242 e. The molecule has 2 aromatic carbocycles. The summed E-state index contributed by atoms with van der Waals surface area (Å²) in [6, 6.07) is 17.2.